The van der Waals surface area contributed by atoms with Crippen molar-refractivity contribution in [2.75, 3.05) is 79.3 Å². The van der Waals surface area contributed by atoms with Crippen molar-refractivity contribution < 1.29 is 28.4 Å². The van der Waals surface area contributed by atoms with Gasteiger partial charge in [0.15, 0.2) is 0 Å². The van der Waals surface area contributed by atoms with Gasteiger partial charge in [-0.25, -0.2) is 0 Å². The Morgan fingerprint density at radius 3 is 0.658 bits per heavy atom. The molecule has 6 nitrogen and oxygen atoms in total. The molecule has 6 heteroatoms. The minimum atomic E-state index is 0.583. The molecule has 0 aliphatic rings. The molecule has 0 unspecified atom stereocenters. The average Bonchev–Trinajstić information content (AvgIpc) is 2.93. The number of hydrogen-bond donors (Lipinski definition) is 0. The van der Waals surface area contributed by atoms with Gasteiger partial charge in [0.1, 0.15) is 0 Å². The Morgan fingerprint density at radius 1 is 0.211 bits per heavy atom. The highest BCUT2D eigenvalue weighted by atomic mass is 16.6. The fourth-order valence-corrected chi connectivity index (χ4v) is 4.23. The van der Waals surface area contributed by atoms with E-state index in [0.717, 1.165) is 19.6 Å². The second-order valence-electron chi connectivity index (χ2n) is 10.3. The van der Waals surface area contributed by atoms with Crippen LogP contribution in [0.5, 0.6) is 0 Å². The molecule has 0 amide bonds. The van der Waals surface area contributed by atoms with Crippen molar-refractivity contribution in [1.82, 2.24) is 0 Å². The topological polar surface area (TPSA) is 55.4 Å². The molecule has 0 N–H and O–H groups in total. The second-order valence-corrected chi connectivity index (χ2v) is 10.3. The van der Waals surface area contributed by atoms with Crippen molar-refractivity contribution in [2.45, 2.75) is 129 Å². The van der Waals surface area contributed by atoms with Crippen molar-refractivity contribution in [3.8, 4) is 0 Å². The highest BCUT2D eigenvalue weighted by molar-refractivity contribution is 4.49. The summed E-state index contributed by atoms with van der Waals surface area (Å²) in [7, 11) is 0. The zero-order valence-electron chi connectivity index (χ0n) is 25.7. The van der Waals surface area contributed by atoms with Crippen molar-refractivity contribution in [1.29, 1.82) is 0 Å². The van der Waals surface area contributed by atoms with E-state index in [-0.39, 0.29) is 0 Å². The Kier molecular flexibility index (Phi) is 36.5. The molecule has 0 aromatic heterocycles. The van der Waals surface area contributed by atoms with Crippen molar-refractivity contribution >= 4 is 0 Å². The van der Waals surface area contributed by atoms with Gasteiger partial charge in [-0.15, -0.1) is 0 Å². The number of unbranched alkanes of at least 4 members (excludes halogenated alkanes) is 16. The van der Waals surface area contributed by atoms with Gasteiger partial charge in [0.25, 0.3) is 0 Å². The summed E-state index contributed by atoms with van der Waals surface area (Å²) in [5, 5.41) is 0. The summed E-state index contributed by atoms with van der Waals surface area (Å²) >= 11 is 0. The zero-order valence-corrected chi connectivity index (χ0v) is 25.7. The summed E-state index contributed by atoms with van der Waals surface area (Å²) in [6.45, 7) is 12.4. The van der Waals surface area contributed by atoms with E-state index in [1.165, 1.54) is 109 Å². The van der Waals surface area contributed by atoms with Crippen LogP contribution < -0.4 is 0 Å². The highest BCUT2D eigenvalue weighted by Gasteiger charge is 1.96. The Labute approximate surface area is 237 Å². The van der Waals surface area contributed by atoms with Gasteiger partial charge in [-0.1, -0.05) is 117 Å². The highest BCUT2D eigenvalue weighted by Crippen LogP contribution is 2.13. The van der Waals surface area contributed by atoms with Gasteiger partial charge in [-0.3, -0.25) is 0 Å². The van der Waals surface area contributed by atoms with E-state index in [9.17, 15) is 0 Å². The van der Waals surface area contributed by atoms with Crippen LogP contribution >= 0.6 is 0 Å². The van der Waals surface area contributed by atoms with Crippen LogP contribution in [0.1, 0.15) is 129 Å². The van der Waals surface area contributed by atoms with E-state index < -0.39 is 0 Å². The monoisotopic (exact) mass is 546 g/mol. The fourth-order valence-electron chi connectivity index (χ4n) is 4.23. The smallest absolute Gasteiger partial charge is 0.0701 e. The van der Waals surface area contributed by atoms with Crippen molar-refractivity contribution in [3.63, 3.8) is 0 Å². The largest absolute Gasteiger partial charge is 0.379 e. The van der Waals surface area contributed by atoms with Crippen molar-refractivity contribution in [3.05, 3.63) is 0 Å². The molecule has 0 aliphatic carbocycles. The first-order chi connectivity index (χ1) is 18.9. The molecule has 230 valence electrons. The summed E-state index contributed by atoms with van der Waals surface area (Å²) in [6.07, 6.45) is 24.4. The van der Waals surface area contributed by atoms with Crippen LogP contribution in [0.2, 0.25) is 0 Å². The quantitative estimate of drug-likeness (QED) is 0.0748. The average molecular weight is 547 g/mol. The molecule has 0 bridgehead atoms. The van der Waals surface area contributed by atoms with Crippen LogP contribution in [-0.2, 0) is 28.4 Å². The minimum Gasteiger partial charge on any atom is -0.379 e. The molecule has 0 spiro atoms. The molecular formula is C32H66O6. The maximum Gasteiger partial charge on any atom is 0.0701 e. The lowest BCUT2D eigenvalue weighted by atomic mass is 10.0. The Morgan fingerprint density at radius 2 is 0.395 bits per heavy atom. The minimum absolute atomic E-state index is 0.583. The summed E-state index contributed by atoms with van der Waals surface area (Å²) in [6, 6.07) is 0. The molecule has 0 fully saturated rings. The fraction of sp³-hybridized carbons (Fsp3) is 1.00. The summed E-state index contributed by atoms with van der Waals surface area (Å²) in [4.78, 5) is 0. The predicted octanol–water partition coefficient (Wildman–Crippen LogP) is 8.15. The van der Waals surface area contributed by atoms with Crippen LogP contribution in [0.4, 0.5) is 0 Å². The van der Waals surface area contributed by atoms with Crippen molar-refractivity contribution in [2.24, 2.45) is 0 Å². The van der Waals surface area contributed by atoms with Crippen LogP contribution in [0.3, 0.4) is 0 Å². The molecule has 0 aromatic rings. The summed E-state index contributed by atoms with van der Waals surface area (Å²) in [5.41, 5.74) is 0. The predicted molar refractivity (Wildman–Crippen MR) is 159 cm³/mol. The molecule has 0 atom stereocenters. The molecule has 0 heterocycles. The lowest BCUT2D eigenvalue weighted by Gasteiger charge is -2.08. The van der Waals surface area contributed by atoms with E-state index in [1.807, 2.05) is 0 Å². The van der Waals surface area contributed by atoms with E-state index in [0.29, 0.717) is 66.1 Å². The molecule has 0 saturated carbocycles. The Balaban J connectivity index is 3.01. The van der Waals surface area contributed by atoms with Gasteiger partial charge < -0.3 is 28.4 Å². The van der Waals surface area contributed by atoms with Gasteiger partial charge >= 0.3 is 0 Å². The van der Waals surface area contributed by atoms with E-state index in [4.69, 9.17) is 28.4 Å². The van der Waals surface area contributed by atoms with Gasteiger partial charge in [-0.05, 0) is 12.8 Å². The number of hydrogen-bond acceptors (Lipinski definition) is 6. The van der Waals surface area contributed by atoms with Crippen LogP contribution in [0, 0.1) is 0 Å². The van der Waals surface area contributed by atoms with Crippen LogP contribution in [0.25, 0.3) is 0 Å². The molecular weight excluding hydrogens is 480 g/mol. The molecule has 0 aromatic carbocycles. The maximum absolute atomic E-state index is 5.67. The number of ether oxygens (including phenoxy) is 6. The summed E-state index contributed by atoms with van der Waals surface area (Å²) < 4.78 is 33.3. The third-order valence-electron chi connectivity index (χ3n) is 6.64. The lowest BCUT2D eigenvalue weighted by molar-refractivity contribution is -0.0169. The van der Waals surface area contributed by atoms with Gasteiger partial charge in [0.05, 0.1) is 66.1 Å². The molecule has 0 radical (unpaired) electrons. The normalized spacial score (nSPS) is 11.5. The first-order valence-electron chi connectivity index (χ1n) is 16.4. The van der Waals surface area contributed by atoms with Crippen LogP contribution in [-0.4, -0.2) is 79.3 Å². The van der Waals surface area contributed by atoms with Crippen LogP contribution in [0.15, 0.2) is 0 Å². The van der Waals surface area contributed by atoms with Gasteiger partial charge in [0.2, 0.25) is 0 Å². The zero-order chi connectivity index (χ0) is 27.5. The maximum atomic E-state index is 5.67. The Hall–Kier alpha value is -0.240. The number of rotatable bonds is 35. The SMILES string of the molecule is CCCCCCCCCCCCCCCCOCCOCCOCCOCCOCCOCCCCCC. The second kappa shape index (κ2) is 36.8. The van der Waals surface area contributed by atoms with E-state index in [2.05, 4.69) is 13.8 Å². The first kappa shape index (κ1) is 37.8. The van der Waals surface area contributed by atoms with Gasteiger partial charge in [-0.2, -0.15) is 0 Å². The molecule has 0 rings (SSSR count). The molecule has 38 heavy (non-hydrogen) atoms. The van der Waals surface area contributed by atoms with E-state index >= 15 is 0 Å². The lowest BCUT2D eigenvalue weighted by Crippen LogP contribution is -2.14. The third kappa shape index (κ3) is 35.8. The first-order valence-corrected chi connectivity index (χ1v) is 16.4. The Bertz CT molecular complexity index is 360. The molecule has 0 aliphatic heterocycles. The third-order valence-corrected chi connectivity index (χ3v) is 6.64. The summed E-state index contributed by atoms with van der Waals surface area (Å²) in [5.74, 6) is 0. The standard InChI is InChI=1S/C32H66O6/c1-3-5-7-9-10-11-12-13-14-15-16-17-18-20-22-34-24-26-36-28-30-38-32-31-37-29-27-35-25-23-33-21-19-8-6-4-2/h3-32H2,1-2H3. The molecule has 0 saturated heterocycles. The van der Waals surface area contributed by atoms with E-state index in [1.54, 1.807) is 0 Å². The van der Waals surface area contributed by atoms with Gasteiger partial charge in [0, 0.05) is 13.2 Å².